The Hall–Kier alpha value is -1.84. The molecule has 0 amide bonds. The number of halogens is 1. The van der Waals surface area contributed by atoms with Crippen molar-refractivity contribution in [2.75, 3.05) is 0 Å². The predicted molar refractivity (Wildman–Crippen MR) is 92.8 cm³/mol. The Labute approximate surface area is 141 Å². The number of aryl methyl sites for hydroxylation is 1. The Morgan fingerprint density at radius 1 is 1.13 bits per heavy atom. The number of benzene rings is 2. The summed E-state index contributed by atoms with van der Waals surface area (Å²) in [5, 5.41) is 10.3. The third-order valence-corrected chi connectivity index (χ3v) is 3.69. The van der Waals surface area contributed by atoms with E-state index in [1.807, 2.05) is 58.0 Å². The molecule has 0 aliphatic heterocycles. The first-order chi connectivity index (χ1) is 10.7. The van der Waals surface area contributed by atoms with Gasteiger partial charge in [0.1, 0.15) is 0 Å². The maximum Gasteiger partial charge on any atom is 0.337 e. The molecule has 0 aromatic heterocycles. The quantitative estimate of drug-likeness (QED) is 0.831. The van der Waals surface area contributed by atoms with Gasteiger partial charge in [0.05, 0.1) is 5.60 Å². The molecule has 3 nitrogen and oxygen atoms in total. The van der Waals surface area contributed by atoms with Crippen LogP contribution in [0.4, 0.5) is 0 Å². The molecule has 0 radical (unpaired) electrons. The lowest BCUT2D eigenvalue weighted by atomic mass is 9.92. The maximum atomic E-state index is 11.8. The van der Waals surface area contributed by atoms with Crippen molar-refractivity contribution in [1.82, 2.24) is 0 Å². The molecule has 0 heterocycles. The van der Waals surface area contributed by atoms with Gasteiger partial charge in [-0.3, -0.25) is 0 Å². The second-order valence-electron chi connectivity index (χ2n) is 6.49. The first-order valence-corrected chi connectivity index (χ1v) is 7.83. The minimum Gasteiger partial charge on any atom is -0.479 e. The molecule has 0 bridgehead atoms. The van der Waals surface area contributed by atoms with Crippen molar-refractivity contribution in [2.24, 2.45) is 0 Å². The number of carboxylic acids is 1. The van der Waals surface area contributed by atoms with Gasteiger partial charge >= 0.3 is 5.97 Å². The normalized spacial score (nSPS) is 12.9. The van der Waals surface area contributed by atoms with Crippen LogP contribution in [0.15, 0.2) is 42.5 Å². The Bertz CT molecular complexity index is 700. The van der Waals surface area contributed by atoms with Gasteiger partial charge in [0, 0.05) is 10.6 Å². The smallest absolute Gasteiger partial charge is 0.337 e. The lowest BCUT2D eigenvalue weighted by Crippen LogP contribution is -2.28. The molecule has 1 N–H and O–H groups in total. The van der Waals surface area contributed by atoms with Crippen molar-refractivity contribution >= 4 is 17.6 Å². The van der Waals surface area contributed by atoms with Gasteiger partial charge in [0.15, 0.2) is 6.10 Å². The lowest BCUT2D eigenvalue weighted by Gasteiger charge is -2.27. The molecule has 4 heteroatoms. The molecule has 0 aliphatic carbocycles. The summed E-state index contributed by atoms with van der Waals surface area (Å²) in [5.74, 6) is -0.996. The first-order valence-electron chi connectivity index (χ1n) is 7.45. The van der Waals surface area contributed by atoms with E-state index in [4.69, 9.17) is 16.3 Å². The zero-order chi connectivity index (χ0) is 17.2. The Balaban J connectivity index is 2.60. The summed E-state index contributed by atoms with van der Waals surface area (Å²) < 4.78 is 5.83. The van der Waals surface area contributed by atoms with E-state index in [-0.39, 0.29) is 0 Å². The number of aliphatic carboxylic acids is 1. The number of hydrogen-bond acceptors (Lipinski definition) is 2. The predicted octanol–water partition coefficient (Wildman–Crippen LogP) is 5.26. The van der Waals surface area contributed by atoms with Crippen molar-refractivity contribution in [3.8, 4) is 11.1 Å². The molecule has 0 fully saturated rings. The molecule has 0 spiro atoms. The fourth-order valence-corrected chi connectivity index (χ4v) is 2.62. The third kappa shape index (κ3) is 4.34. The molecule has 2 rings (SSSR count). The summed E-state index contributed by atoms with van der Waals surface area (Å²) in [6, 6.07) is 13.1. The molecule has 0 aliphatic rings. The second-order valence-corrected chi connectivity index (χ2v) is 6.93. The molecule has 23 heavy (non-hydrogen) atoms. The Kier molecular flexibility index (Phi) is 5.12. The number of carbonyl (C=O) groups is 1. The molecule has 2 aromatic rings. The highest BCUT2D eigenvalue weighted by atomic mass is 35.5. The average molecular weight is 333 g/mol. The molecule has 1 unspecified atom stereocenters. The van der Waals surface area contributed by atoms with Crippen LogP contribution in [0.2, 0.25) is 5.02 Å². The fraction of sp³-hybridized carbons (Fsp3) is 0.316. The first kappa shape index (κ1) is 17.5. The third-order valence-electron chi connectivity index (χ3n) is 3.44. The lowest BCUT2D eigenvalue weighted by molar-refractivity contribution is -0.160. The van der Waals surface area contributed by atoms with Gasteiger partial charge in [0.25, 0.3) is 0 Å². The minimum atomic E-state index is -1.03. The summed E-state index contributed by atoms with van der Waals surface area (Å²) in [5.41, 5.74) is 2.75. The minimum absolute atomic E-state index is 0.567. The molecular formula is C19H21ClO3. The highest BCUT2D eigenvalue weighted by Crippen LogP contribution is 2.35. The molecule has 0 saturated heterocycles. The van der Waals surface area contributed by atoms with Crippen LogP contribution in [0.5, 0.6) is 0 Å². The van der Waals surface area contributed by atoms with Gasteiger partial charge in [-0.25, -0.2) is 4.79 Å². The van der Waals surface area contributed by atoms with Crippen LogP contribution in [0.3, 0.4) is 0 Å². The van der Waals surface area contributed by atoms with Crippen molar-refractivity contribution in [3.05, 3.63) is 58.6 Å². The Morgan fingerprint density at radius 2 is 1.74 bits per heavy atom. The van der Waals surface area contributed by atoms with Gasteiger partial charge in [-0.1, -0.05) is 41.9 Å². The van der Waals surface area contributed by atoms with Crippen LogP contribution in [0.25, 0.3) is 11.1 Å². The monoisotopic (exact) mass is 332 g/mol. The van der Waals surface area contributed by atoms with Crippen LogP contribution in [-0.4, -0.2) is 16.7 Å². The van der Waals surface area contributed by atoms with E-state index in [0.29, 0.717) is 10.6 Å². The Morgan fingerprint density at radius 3 is 2.26 bits per heavy atom. The van der Waals surface area contributed by atoms with E-state index in [2.05, 4.69) is 0 Å². The summed E-state index contributed by atoms with van der Waals surface area (Å²) >= 11 is 5.95. The highest BCUT2D eigenvalue weighted by molar-refractivity contribution is 6.30. The second kappa shape index (κ2) is 6.73. The van der Waals surface area contributed by atoms with E-state index in [0.717, 1.165) is 16.7 Å². The maximum absolute atomic E-state index is 11.8. The van der Waals surface area contributed by atoms with E-state index in [1.54, 1.807) is 12.1 Å². The van der Waals surface area contributed by atoms with Crippen LogP contribution < -0.4 is 0 Å². The van der Waals surface area contributed by atoms with Gasteiger partial charge in [-0.2, -0.15) is 0 Å². The van der Waals surface area contributed by atoms with Crippen molar-refractivity contribution in [3.63, 3.8) is 0 Å². The fourth-order valence-electron chi connectivity index (χ4n) is 2.50. The molecule has 0 saturated carbocycles. The number of carboxylic acid groups (broad SMARTS) is 1. The van der Waals surface area contributed by atoms with Gasteiger partial charge < -0.3 is 9.84 Å². The summed E-state index contributed by atoms with van der Waals surface area (Å²) in [7, 11) is 0. The molecule has 1 atom stereocenters. The van der Waals surface area contributed by atoms with Crippen LogP contribution >= 0.6 is 11.6 Å². The number of hydrogen-bond donors (Lipinski definition) is 1. The average Bonchev–Trinajstić information content (AvgIpc) is 2.44. The summed E-state index contributed by atoms with van der Waals surface area (Å²) in [6.45, 7) is 7.45. The van der Waals surface area contributed by atoms with E-state index in [1.165, 1.54) is 0 Å². The van der Waals surface area contributed by atoms with E-state index < -0.39 is 17.7 Å². The van der Waals surface area contributed by atoms with Crippen molar-refractivity contribution in [2.45, 2.75) is 39.4 Å². The van der Waals surface area contributed by atoms with Crippen LogP contribution in [-0.2, 0) is 9.53 Å². The van der Waals surface area contributed by atoms with E-state index in [9.17, 15) is 9.90 Å². The van der Waals surface area contributed by atoms with Gasteiger partial charge in [0.2, 0.25) is 0 Å². The van der Waals surface area contributed by atoms with Gasteiger partial charge in [-0.15, -0.1) is 0 Å². The molecule has 2 aromatic carbocycles. The zero-order valence-electron chi connectivity index (χ0n) is 13.8. The zero-order valence-corrected chi connectivity index (χ0v) is 14.5. The van der Waals surface area contributed by atoms with Crippen molar-refractivity contribution < 1.29 is 14.6 Å². The largest absolute Gasteiger partial charge is 0.479 e. The number of rotatable bonds is 4. The van der Waals surface area contributed by atoms with Gasteiger partial charge in [-0.05, 0) is 56.5 Å². The van der Waals surface area contributed by atoms with Crippen molar-refractivity contribution in [1.29, 1.82) is 0 Å². The SMILES string of the molecule is Cc1cccc(-c2ccc(Cl)cc2)c1C(OC(C)(C)C)C(=O)O. The number of ether oxygens (including phenoxy) is 1. The summed E-state index contributed by atoms with van der Waals surface area (Å²) in [6.07, 6.45) is -1.03. The molecular weight excluding hydrogens is 312 g/mol. The highest BCUT2D eigenvalue weighted by Gasteiger charge is 2.30. The summed E-state index contributed by atoms with van der Waals surface area (Å²) in [4.78, 5) is 11.8. The molecule has 122 valence electrons. The van der Waals surface area contributed by atoms with E-state index >= 15 is 0 Å². The van der Waals surface area contributed by atoms with Crippen LogP contribution in [0, 0.1) is 6.92 Å². The van der Waals surface area contributed by atoms with Crippen LogP contribution in [0.1, 0.15) is 38.0 Å². The topological polar surface area (TPSA) is 46.5 Å². The standard InChI is InChI=1S/C19H21ClO3/c1-12-6-5-7-15(13-8-10-14(20)11-9-13)16(12)17(18(21)22)23-19(2,3)4/h5-11,17H,1-4H3,(H,21,22).